The fourth-order valence-corrected chi connectivity index (χ4v) is 2.13. The number of hydrogen-bond acceptors (Lipinski definition) is 4. The van der Waals surface area contributed by atoms with Gasteiger partial charge >= 0.3 is 12.0 Å². The summed E-state index contributed by atoms with van der Waals surface area (Å²) >= 11 is 1.52. The Balaban J connectivity index is 2.50. The topological polar surface area (TPSA) is 91.3 Å². The van der Waals surface area contributed by atoms with Crippen molar-refractivity contribution in [2.75, 3.05) is 6.54 Å². The minimum atomic E-state index is -0.940. The summed E-state index contributed by atoms with van der Waals surface area (Å²) in [4.78, 5) is 27.2. The Bertz CT molecular complexity index is 442. The van der Waals surface area contributed by atoms with E-state index in [1.165, 1.54) is 11.3 Å². The quantitative estimate of drug-likeness (QED) is 0.756. The van der Waals surface area contributed by atoms with Crippen LogP contribution in [-0.4, -0.2) is 28.6 Å². The first-order valence-electron chi connectivity index (χ1n) is 5.52. The number of thiazole rings is 1. The van der Waals surface area contributed by atoms with Crippen molar-refractivity contribution in [3.63, 3.8) is 0 Å². The monoisotopic (exact) mass is 271 g/mol. The summed E-state index contributed by atoms with van der Waals surface area (Å²) in [6, 6.07) is -0.394. The van der Waals surface area contributed by atoms with E-state index < -0.39 is 17.5 Å². The average molecular weight is 271 g/mol. The van der Waals surface area contributed by atoms with Gasteiger partial charge in [-0.1, -0.05) is 0 Å². The van der Waals surface area contributed by atoms with Crippen molar-refractivity contribution >= 4 is 23.3 Å². The van der Waals surface area contributed by atoms with E-state index in [2.05, 4.69) is 15.6 Å². The van der Waals surface area contributed by atoms with E-state index in [9.17, 15) is 9.59 Å². The molecular weight excluding hydrogens is 254 g/mol. The van der Waals surface area contributed by atoms with Crippen LogP contribution in [0.3, 0.4) is 0 Å². The maximum atomic E-state index is 11.6. The molecule has 1 heterocycles. The van der Waals surface area contributed by atoms with E-state index >= 15 is 0 Å². The molecule has 0 saturated heterocycles. The number of rotatable bonds is 5. The standard InChI is InChI=1S/C11H17N3O3S/c1-7-6-13-9(18-7)11(2,3)14-10(17)12-5-4-8(15)16/h6H,4-5H2,1-3H3,(H,15,16)(H2,12,14,17). The summed E-state index contributed by atoms with van der Waals surface area (Å²) in [6.07, 6.45) is 1.66. The molecule has 0 saturated carbocycles. The fraction of sp³-hybridized carbons (Fsp3) is 0.545. The molecule has 1 aromatic rings. The zero-order valence-electron chi connectivity index (χ0n) is 10.6. The van der Waals surface area contributed by atoms with E-state index in [-0.39, 0.29) is 13.0 Å². The lowest BCUT2D eigenvalue weighted by Gasteiger charge is -2.23. The molecule has 0 aliphatic rings. The van der Waals surface area contributed by atoms with Crippen molar-refractivity contribution < 1.29 is 14.7 Å². The van der Waals surface area contributed by atoms with Gasteiger partial charge in [0.1, 0.15) is 5.01 Å². The van der Waals surface area contributed by atoms with Gasteiger partial charge in [0.05, 0.1) is 12.0 Å². The molecule has 6 nitrogen and oxygen atoms in total. The van der Waals surface area contributed by atoms with Crippen LogP contribution >= 0.6 is 11.3 Å². The number of aromatic nitrogens is 1. The molecule has 0 aliphatic carbocycles. The molecule has 0 aromatic carbocycles. The molecule has 100 valence electrons. The molecule has 0 aliphatic heterocycles. The first-order chi connectivity index (χ1) is 8.31. The SMILES string of the molecule is Cc1cnc(C(C)(C)NC(=O)NCCC(=O)O)s1. The predicted molar refractivity (Wildman–Crippen MR) is 68.7 cm³/mol. The highest BCUT2D eigenvalue weighted by molar-refractivity contribution is 7.11. The number of carboxylic acid groups (broad SMARTS) is 1. The first kappa shape index (κ1) is 14.4. The van der Waals surface area contributed by atoms with Crippen molar-refractivity contribution in [1.29, 1.82) is 0 Å². The second-order valence-corrected chi connectivity index (χ2v) is 5.66. The zero-order valence-corrected chi connectivity index (χ0v) is 11.4. The Morgan fingerprint density at radius 2 is 2.17 bits per heavy atom. The van der Waals surface area contributed by atoms with Gasteiger partial charge in [-0.15, -0.1) is 11.3 Å². The molecule has 0 spiro atoms. The normalized spacial score (nSPS) is 11.1. The van der Waals surface area contributed by atoms with Gasteiger partial charge in [-0.05, 0) is 20.8 Å². The van der Waals surface area contributed by atoms with Crippen molar-refractivity contribution in [1.82, 2.24) is 15.6 Å². The molecule has 0 bridgehead atoms. The molecular formula is C11H17N3O3S. The number of nitrogens with zero attached hydrogens (tertiary/aromatic N) is 1. The van der Waals surface area contributed by atoms with Gasteiger partial charge in [0, 0.05) is 17.6 Å². The largest absolute Gasteiger partial charge is 0.481 e. The van der Waals surface area contributed by atoms with Crippen molar-refractivity contribution in [3.05, 3.63) is 16.1 Å². The molecule has 2 amide bonds. The van der Waals surface area contributed by atoms with E-state index in [4.69, 9.17) is 5.11 Å². The molecule has 0 fully saturated rings. The van der Waals surface area contributed by atoms with Gasteiger partial charge in [0.2, 0.25) is 0 Å². The van der Waals surface area contributed by atoms with Crippen LogP contribution in [0, 0.1) is 6.92 Å². The van der Waals surface area contributed by atoms with Crippen LogP contribution in [-0.2, 0) is 10.3 Å². The lowest BCUT2D eigenvalue weighted by Crippen LogP contribution is -2.46. The van der Waals surface area contributed by atoms with Crippen LogP contribution < -0.4 is 10.6 Å². The Labute approximate surface area is 109 Å². The Hall–Kier alpha value is -1.63. The van der Waals surface area contributed by atoms with E-state index in [1.54, 1.807) is 6.20 Å². The highest BCUT2D eigenvalue weighted by Crippen LogP contribution is 2.24. The van der Waals surface area contributed by atoms with Crippen molar-refractivity contribution in [3.8, 4) is 0 Å². The summed E-state index contributed by atoms with van der Waals surface area (Å²) in [5.74, 6) is -0.940. The third-order valence-electron chi connectivity index (χ3n) is 2.21. The Morgan fingerprint density at radius 1 is 1.50 bits per heavy atom. The molecule has 0 radical (unpaired) electrons. The summed E-state index contributed by atoms with van der Waals surface area (Å²) in [7, 11) is 0. The smallest absolute Gasteiger partial charge is 0.315 e. The zero-order chi connectivity index (χ0) is 13.8. The number of carbonyl (C=O) groups is 2. The van der Waals surface area contributed by atoms with E-state index in [0.717, 1.165) is 9.88 Å². The molecule has 1 rings (SSSR count). The number of carboxylic acids is 1. The van der Waals surface area contributed by atoms with Gasteiger partial charge in [0.15, 0.2) is 0 Å². The summed E-state index contributed by atoms with van der Waals surface area (Å²) in [5, 5.41) is 14.5. The lowest BCUT2D eigenvalue weighted by molar-refractivity contribution is -0.136. The minimum Gasteiger partial charge on any atom is -0.481 e. The van der Waals surface area contributed by atoms with Gasteiger partial charge in [-0.25, -0.2) is 9.78 Å². The Kier molecular flexibility index (Phi) is 4.66. The molecule has 3 N–H and O–H groups in total. The van der Waals surface area contributed by atoms with Crippen LogP contribution in [0.15, 0.2) is 6.20 Å². The third-order valence-corrected chi connectivity index (χ3v) is 3.44. The number of carbonyl (C=O) groups excluding carboxylic acids is 1. The highest BCUT2D eigenvalue weighted by atomic mass is 32.1. The minimum absolute atomic E-state index is 0.0930. The van der Waals surface area contributed by atoms with Gasteiger partial charge < -0.3 is 15.7 Å². The maximum Gasteiger partial charge on any atom is 0.315 e. The lowest BCUT2D eigenvalue weighted by atomic mass is 10.1. The molecule has 0 unspecified atom stereocenters. The van der Waals surface area contributed by atoms with Crippen LogP contribution in [0.1, 0.15) is 30.2 Å². The number of amides is 2. The van der Waals surface area contributed by atoms with Crippen LogP contribution in [0.4, 0.5) is 4.79 Å². The highest BCUT2D eigenvalue weighted by Gasteiger charge is 2.25. The summed E-state index contributed by atoms with van der Waals surface area (Å²) in [6.45, 7) is 5.75. The number of nitrogens with one attached hydrogen (secondary N) is 2. The van der Waals surface area contributed by atoms with E-state index in [1.807, 2.05) is 20.8 Å². The van der Waals surface area contributed by atoms with Gasteiger partial charge in [0.25, 0.3) is 0 Å². The van der Waals surface area contributed by atoms with Gasteiger partial charge in [-0.3, -0.25) is 4.79 Å². The number of aliphatic carboxylic acids is 1. The number of hydrogen-bond donors (Lipinski definition) is 3. The number of aryl methyl sites for hydroxylation is 1. The molecule has 18 heavy (non-hydrogen) atoms. The Morgan fingerprint density at radius 3 is 2.67 bits per heavy atom. The van der Waals surface area contributed by atoms with E-state index in [0.29, 0.717) is 0 Å². The van der Waals surface area contributed by atoms with Crippen molar-refractivity contribution in [2.24, 2.45) is 0 Å². The summed E-state index contributed by atoms with van der Waals surface area (Å²) in [5.41, 5.74) is -0.577. The fourth-order valence-electron chi connectivity index (χ4n) is 1.31. The number of urea groups is 1. The second-order valence-electron chi connectivity index (χ2n) is 4.43. The third kappa shape index (κ3) is 4.33. The molecule has 7 heteroatoms. The molecule has 0 atom stereocenters. The van der Waals surface area contributed by atoms with Crippen LogP contribution in [0.5, 0.6) is 0 Å². The van der Waals surface area contributed by atoms with Crippen molar-refractivity contribution in [2.45, 2.75) is 32.7 Å². The van der Waals surface area contributed by atoms with Gasteiger partial charge in [-0.2, -0.15) is 0 Å². The average Bonchev–Trinajstić information content (AvgIpc) is 2.64. The second kappa shape index (κ2) is 5.81. The summed E-state index contributed by atoms with van der Waals surface area (Å²) < 4.78 is 0. The first-order valence-corrected chi connectivity index (χ1v) is 6.33. The predicted octanol–water partition coefficient (Wildman–Crippen LogP) is 1.46. The van der Waals surface area contributed by atoms with Crippen LogP contribution in [0.25, 0.3) is 0 Å². The maximum absolute atomic E-state index is 11.6. The van der Waals surface area contributed by atoms with Crippen LogP contribution in [0.2, 0.25) is 0 Å². The molecule has 1 aromatic heterocycles.